The van der Waals surface area contributed by atoms with E-state index in [1.165, 1.54) is 31.4 Å². The molecule has 0 unspecified atom stereocenters. The molecule has 0 saturated carbocycles. The van der Waals surface area contributed by atoms with Crippen molar-refractivity contribution in [1.29, 1.82) is 0 Å². The van der Waals surface area contributed by atoms with E-state index in [0.717, 1.165) is 0 Å². The molecule has 0 bridgehead atoms. The van der Waals surface area contributed by atoms with Crippen LogP contribution >= 0.6 is 0 Å². The van der Waals surface area contributed by atoms with Crippen LogP contribution in [0.5, 0.6) is 11.5 Å². The van der Waals surface area contributed by atoms with Crippen molar-refractivity contribution in [1.82, 2.24) is 0 Å². The molecule has 0 aliphatic heterocycles. The second-order valence-electron chi connectivity index (χ2n) is 4.87. The largest absolute Gasteiger partial charge is 0.507 e. The second-order valence-corrected chi connectivity index (χ2v) is 4.87. The Kier molecular flexibility index (Phi) is 3.02. The van der Waals surface area contributed by atoms with Gasteiger partial charge in [0.15, 0.2) is 5.58 Å². The highest BCUT2D eigenvalue weighted by molar-refractivity contribution is 6.07. The number of aromatic hydroxyl groups is 2. The van der Waals surface area contributed by atoms with Gasteiger partial charge in [0.2, 0.25) is 5.43 Å². The number of carbonyl (C=O) groups excluding carboxylic acids is 1. The van der Waals surface area contributed by atoms with E-state index in [1.807, 2.05) is 0 Å². The van der Waals surface area contributed by atoms with Crippen LogP contribution in [0.3, 0.4) is 0 Å². The Labute approximate surface area is 124 Å². The van der Waals surface area contributed by atoms with Crippen LogP contribution in [0.25, 0.3) is 21.9 Å². The Morgan fingerprint density at radius 2 is 2.00 bits per heavy atom. The molecule has 3 aromatic rings. The van der Waals surface area contributed by atoms with Gasteiger partial charge in [-0.05, 0) is 30.7 Å². The summed E-state index contributed by atoms with van der Waals surface area (Å²) < 4.78 is 10.2. The third-order valence-corrected chi connectivity index (χ3v) is 3.52. The lowest BCUT2D eigenvalue weighted by Gasteiger charge is -2.10. The van der Waals surface area contributed by atoms with Gasteiger partial charge in [0.25, 0.3) is 0 Å². The first kappa shape index (κ1) is 13.9. The number of benzene rings is 2. The van der Waals surface area contributed by atoms with E-state index in [-0.39, 0.29) is 39.0 Å². The summed E-state index contributed by atoms with van der Waals surface area (Å²) in [6.45, 7) is 1.55. The Balaban J connectivity index is 2.62. The van der Waals surface area contributed by atoms with E-state index < -0.39 is 11.4 Å². The van der Waals surface area contributed by atoms with E-state index in [0.29, 0.717) is 5.56 Å². The molecule has 6 nitrogen and oxygen atoms in total. The molecule has 6 heteroatoms. The van der Waals surface area contributed by atoms with Crippen LogP contribution < -0.4 is 5.43 Å². The molecule has 0 fully saturated rings. The number of phenolic OH excluding ortho intramolecular Hbond substituents is 2. The molecule has 2 N–H and O–H groups in total. The first-order chi connectivity index (χ1) is 10.5. The lowest BCUT2D eigenvalue weighted by atomic mass is 10.0. The lowest BCUT2D eigenvalue weighted by Crippen LogP contribution is -2.09. The predicted molar refractivity (Wildman–Crippen MR) is 79.4 cm³/mol. The monoisotopic (exact) mass is 300 g/mol. The molecule has 0 aliphatic carbocycles. The number of methoxy groups -OCH3 is 1. The first-order valence-corrected chi connectivity index (χ1v) is 6.45. The van der Waals surface area contributed by atoms with Gasteiger partial charge in [-0.25, -0.2) is 4.79 Å². The van der Waals surface area contributed by atoms with Crippen molar-refractivity contribution in [3.05, 3.63) is 45.6 Å². The van der Waals surface area contributed by atoms with Gasteiger partial charge in [-0.15, -0.1) is 0 Å². The Hall–Kier alpha value is -3.02. The molecule has 22 heavy (non-hydrogen) atoms. The van der Waals surface area contributed by atoms with Gasteiger partial charge in [0, 0.05) is 0 Å². The van der Waals surface area contributed by atoms with Gasteiger partial charge in [-0.1, -0.05) is 6.07 Å². The zero-order valence-corrected chi connectivity index (χ0v) is 11.8. The van der Waals surface area contributed by atoms with E-state index in [4.69, 9.17) is 4.42 Å². The maximum absolute atomic E-state index is 12.6. The number of ether oxygens (including phenoxy) is 1. The standard InChI is InChI=1S/C16H12O6/c1-7-6-8-14(19)11-9(17)4-3-5-10(11)22-15(8)12(13(7)18)16(20)21-2/h3-6,17-18H,1-2H3. The van der Waals surface area contributed by atoms with Crippen LogP contribution in [0.15, 0.2) is 33.5 Å². The van der Waals surface area contributed by atoms with Crippen LogP contribution in [0.4, 0.5) is 0 Å². The number of fused-ring (bicyclic) bond motifs is 2. The maximum atomic E-state index is 12.6. The van der Waals surface area contributed by atoms with Crippen molar-refractivity contribution >= 4 is 27.9 Å². The fourth-order valence-electron chi connectivity index (χ4n) is 2.43. The molecule has 1 aromatic heterocycles. The summed E-state index contributed by atoms with van der Waals surface area (Å²) in [5.74, 6) is -1.32. The molecule has 112 valence electrons. The summed E-state index contributed by atoms with van der Waals surface area (Å²) in [6.07, 6.45) is 0. The number of hydrogen-bond acceptors (Lipinski definition) is 6. The van der Waals surface area contributed by atoms with Crippen LogP contribution in [0.2, 0.25) is 0 Å². The summed E-state index contributed by atoms with van der Waals surface area (Å²) in [5, 5.41) is 20.1. The zero-order valence-electron chi connectivity index (χ0n) is 11.8. The van der Waals surface area contributed by atoms with Crippen molar-refractivity contribution < 1.29 is 24.2 Å². The summed E-state index contributed by atoms with van der Waals surface area (Å²) >= 11 is 0. The number of rotatable bonds is 1. The van der Waals surface area contributed by atoms with Crippen LogP contribution in [0, 0.1) is 6.92 Å². The van der Waals surface area contributed by atoms with Crippen LogP contribution in [-0.4, -0.2) is 23.3 Å². The summed E-state index contributed by atoms with van der Waals surface area (Å²) in [7, 11) is 1.17. The Bertz CT molecular complexity index is 983. The summed E-state index contributed by atoms with van der Waals surface area (Å²) in [5.41, 5.74) is -0.318. The highest BCUT2D eigenvalue weighted by Crippen LogP contribution is 2.33. The van der Waals surface area contributed by atoms with Gasteiger partial charge < -0.3 is 19.4 Å². The van der Waals surface area contributed by atoms with E-state index in [1.54, 1.807) is 6.92 Å². The zero-order chi connectivity index (χ0) is 16.0. The average Bonchev–Trinajstić information content (AvgIpc) is 2.49. The third-order valence-electron chi connectivity index (χ3n) is 3.52. The molecular weight excluding hydrogens is 288 g/mol. The summed E-state index contributed by atoms with van der Waals surface area (Å²) in [4.78, 5) is 24.5. The number of aryl methyl sites for hydroxylation is 1. The number of phenols is 2. The maximum Gasteiger partial charge on any atom is 0.345 e. The molecular formula is C16H12O6. The average molecular weight is 300 g/mol. The number of carbonyl (C=O) groups is 1. The number of hydrogen-bond donors (Lipinski definition) is 2. The first-order valence-electron chi connectivity index (χ1n) is 6.45. The molecule has 2 aromatic carbocycles. The Morgan fingerprint density at radius 1 is 1.27 bits per heavy atom. The molecule has 0 saturated heterocycles. The van der Waals surface area contributed by atoms with E-state index in [2.05, 4.69) is 4.74 Å². The third kappa shape index (κ3) is 1.81. The van der Waals surface area contributed by atoms with E-state index in [9.17, 15) is 19.8 Å². The molecule has 0 atom stereocenters. The molecule has 0 aliphatic rings. The Morgan fingerprint density at radius 3 is 2.68 bits per heavy atom. The minimum atomic E-state index is -0.811. The van der Waals surface area contributed by atoms with Gasteiger partial charge in [-0.2, -0.15) is 0 Å². The summed E-state index contributed by atoms with van der Waals surface area (Å²) in [6, 6.07) is 5.79. The highest BCUT2D eigenvalue weighted by Gasteiger charge is 2.23. The van der Waals surface area contributed by atoms with Crippen LogP contribution in [-0.2, 0) is 4.74 Å². The number of esters is 1. The predicted octanol–water partition coefficient (Wildman–Crippen LogP) is 2.45. The van der Waals surface area contributed by atoms with Crippen molar-refractivity contribution in [3.8, 4) is 11.5 Å². The minimum Gasteiger partial charge on any atom is -0.507 e. The van der Waals surface area contributed by atoms with Gasteiger partial charge >= 0.3 is 5.97 Å². The van der Waals surface area contributed by atoms with Crippen molar-refractivity contribution in [2.75, 3.05) is 7.11 Å². The van der Waals surface area contributed by atoms with Crippen LogP contribution in [0.1, 0.15) is 15.9 Å². The topological polar surface area (TPSA) is 97.0 Å². The van der Waals surface area contributed by atoms with Crippen molar-refractivity contribution in [3.63, 3.8) is 0 Å². The minimum absolute atomic E-state index is 0.0240. The van der Waals surface area contributed by atoms with Gasteiger partial charge in [-0.3, -0.25) is 4.79 Å². The van der Waals surface area contributed by atoms with Crippen molar-refractivity contribution in [2.24, 2.45) is 0 Å². The lowest BCUT2D eigenvalue weighted by molar-refractivity contribution is 0.0598. The van der Waals surface area contributed by atoms with Gasteiger partial charge in [0.05, 0.1) is 12.5 Å². The van der Waals surface area contributed by atoms with Crippen molar-refractivity contribution in [2.45, 2.75) is 6.92 Å². The van der Waals surface area contributed by atoms with E-state index >= 15 is 0 Å². The molecule has 1 heterocycles. The smallest absolute Gasteiger partial charge is 0.345 e. The highest BCUT2D eigenvalue weighted by atomic mass is 16.5. The normalized spacial score (nSPS) is 11.0. The molecule has 0 amide bonds. The molecule has 0 spiro atoms. The van der Waals surface area contributed by atoms with Gasteiger partial charge in [0.1, 0.15) is 28.0 Å². The molecule has 3 rings (SSSR count). The quantitative estimate of drug-likeness (QED) is 0.529. The molecule has 0 radical (unpaired) electrons. The second kappa shape index (κ2) is 4.77. The fourth-order valence-corrected chi connectivity index (χ4v) is 2.43. The fraction of sp³-hybridized carbons (Fsp3) is 0.125. The SMILES string of the molecule is COC(=O)c1c(O)c(C)cc2c(=O)c3c(O)cccc3oc12.